The van der Waals surface area contributed by atoms with Gasteiger partial charge in [0.25, 0.3) is 0 Å². The summed E-state index contributed by atoms with van der Waals surface area (Å²) in [6, 6.07) is 0. The third-order valence-corrected chi connectivity index (χ3v) is 2.18. The second-order valence-corrected chi connectivity index (χ2v) is 3.65. The third-order valence-electron chi connectivity index (χ3n) is 2.18. The minimum Gasteiger partial charge on any atom is -0.472 e. The van der Waals surface area contributed by atoms with E-state index in [2.05, 4.69) is 12.8 Å². The molecule has 0 saturated carbocycles. The van der Waals surface area contributed by atoms with Crippen molar-refractivity contribution in [3.05, 3.63) is 0 Å². The molecule has 0 saturated heterocycles. The van der Waals surface area contributed by atoms with E-state index in [1.807, 2.05) is 5.92 Å². The van der Waals surface area contributed by atoms with Crippen molar-refractivity contribution in [2.24, 2.45) is 0 Å². The lowest BCUT2D eigenvalue weighted by molar-refractivity contribution is -0.130. The quantitative estimate of drug-likeness (QED) is 0.502. The number of aliphatic hydroxyl groups is 1. The Labute approximate surface area is 91.5 Å². The van der Waals surface area contributed by atoms with Crippen molar-refractivity contribution in [3.63, 3.8) is 0 Å². The Balaban J connectivity index is 3.36. The maximum atomic E-state index is 10.1. The summed E-state index contributed by atoms with van der Waals surface area (Å²) in [6.07, 6.45) is 6.72. The maximum Gasteiger partial charge on any atom is 0.381 e. The van der Waals surface area contributed by atoms with E-state index in [4.69, 9.17) is 5.11 Å². The van der Waals surface area contributed by atoms with Gasteiger partial charge in [-0.15, -0.1) is 0 Å². The van der Waals surface area contributed by atoms with Crippen molar-refractivity contribution in [2.45, 2.75) is 58.0 Å². The molecule has 0 aromatic heterocycles. The minimum absolute atomic E-state index is 0.576. The molecule has 0 fully saturated rings. The molecular formula is C12H20O3. The molecule has 0 amide bonds. The van der Waals surface area contributed by atoms with Crippen molar-refractivity contribution in [2.75, 3.05) is 0 Å². The van der Waals surface area contributed by atoms with E-state index in [0.29, 0.717) is 6.42 Å². The van der Waals surface area contributed by atoms with Crippen LogP contribution in [0.15, 0.2) is 0 Å². The number of rotatable bonds is 7. The first-order valence-electron chi connectivity index (χ1n) is 5.59. The molecule has 0 rings (SSSR count). The fourth-order valence-electron chi connectivity index (χ4n) is 1.34. The van der Waals surface area contributed by atoms with Gasteiger partial charge in [-0.05, 0) is 12.8 Å². The average molecular weight is 212 g/mol. The summed E-state index contributed by atoms with van der Waals surface area (Å²) in [7, 11) is 0. The standard InChI is InChI=1S/C12H20O3/c1-2-3-4-5-6-7-8-11(13)9-10-12(14)15/h11,13H,2-8H2,1H3,(H,14,15)/t11-/m1/s1. The molecule has 15 heavy (non-hydrogen) atoms. The number of hydrogen-bond acceptors (Lipinski definition) is 2. The van der Waals surface area contributed by atoms with Crippen LogP contribution in [0, 0.1) is 11.8 Å². The topological polar surface area (TPSA) is 57.5 Å². The molecule has 0 heterocycles. The van der Waals surface area contributed by atoms with Crippen molar-refractivity contribution < 1.29 is 15.0 Å². The van der Waals surface area contributed by atoms with Crippen LogP contribution in [0.4, 0.5) is 0 Å². The van der Waals surface area contributed by atoms with Crippen LogP contribution in [-0.2, 0) is 4.79 Å². The fourth-order valence-corrected chi connectivity index (χ4v) is 1.34. The van der Waals surface area contributed by atoms with E-state index in [1.54, 1.807) is 0 Å². The normalized spacial score (nSPS) is 11.6. The highest BCUT2D eigenvalue weighted by Gasteiger charge is 1.99. The van der Waals surface area contributed by atoms with Gasteiger partial charge in [0.15, 0.2) is 0 Å². The number of carboxylic acids is 1. The Morgan fingerprint density at radius 2 is 1.80 bits per heavy atom. The van der Waals surface area contributed by atoms with Gasteiger partial charge < -0.3 is 10.2 Å². The Morgan fingerprint density at radius 1 is 1.20 bits per heavy atom. The molecule has 0 aromatic rings. The zero-order chi connectivity index (χ0) is 11.5. The minimum atomic E-state index is -1.18. The zero-order valence-corrected chi connectivity index (χ0v) is 9.33. The van der Waals surface area contributed by atoms with Crippen LogP contribution in [0.2, 0.25) is 0 Å². The lowest BCUT2D eigenvalue weighted by Crippen LogP contribution is -2.03. The highest BCUT2D eigenvalue weighted by Crippen LogP contribution is 2.08. The molecular weight excluding hydrogens is 192 g/mol. The van der Waals surface area contributed by atoms with Crippen LogP contribution in [0.1, 0.15) is 51.9 Å². The van der Waals surface area contributed by atoms with E-state index in [9.17, 15) is 9.90 Å². The largest absolute Gasteiger partial charge is 0.472 e. The van der Waals surface area contributed by atoms with E-state index in [-0.39, 0.29) is 0 Å². The van der Waals surface area contributed by atoms with Crippen molar-refractivity contribution in [1.82, 2.24) is 0 Å². The van der Waals surface area contributed by atoms with Gasteiger partial charge in [0.05, 0.1) is 0 Å². The molecule has 3 heteroatoms. The molecule has 0 aliphatic carbocycles. The highest BCUT2D eigenvalue weighted by atomic mass is 16.4. The Hall–Kier alpha value is -1.01. The molecule has 0 unspecified atom stereocenters. The third kappa shape index (κ3) is 10.9. The summed E-state index contributed by atoms with van der Waals surface area (Å²) < 4.78 is 0. The van der Waals surface area contributed by atoms with Crippen LogP contribution in [0.5, 0.6) is 0 Å². The summed E-state index contributed by atoms with van der Waals surface area (Å²) in [5.41, 5.74) is 0. The first-order valence-corrected chi connectivity index (χ1v) is 5.59. The van der Waals surface area contributed by atoms with Crippen LogP contribution in [0.25, 0.3) is 0 Å². The number of aliphatic carboxylic acids is 1. The van der Waals surface area contributed by atoms with Gasteiger partial charge in [-0.2, -0.15) is 0 Å². The van der Waals surface area contributed by atoms with Crippen molar-refractivity contribution >= 4 is 5.97 Å². The Morgan fingerprint density at radius 3 is 2.40 bits per heavy atom. The van der Waals surface area contributed by atoms with Crippen LogP contribution < -0.4 is 0 Å². The van der Waals surface area contributed by atoms with E-state index >= 15 is 0 Å². The molecule has 0 aliphatic rings. The second-order valence-electron chi connectivity index (χ2n) is 3.65. The molecule has 1 atom stereocenters. The van der Waals surface area contributed by atoms with Gasteiger partial charge in [-0.3, -0.25) is 0 Å². The summed E-state index contributed by atoms with van der Waals surface area (Å²) in [4.78, 5) is 10.1. The number of aliphatic hydroxyl groups excluding tert-OH is 1. The van der Waals surface area contributed by atoms with Crippen LogP contribution >= 0.6 is 0 Å². The summed E-state index contributed by atoms with van der Waals surface area (Å²) in [5, 5.41) is 17.5. The predicted molar refractivity (Wildman–Crippen MR) is 59.4 cm³/mol. The van der Waals surface area contributed by atoms with Gasteiger partial charge >= 0.3 is 5.97 Å². The number of unbranched alkanes of at least 4 members (excludes halogenated alkanes) is 5. The van der Waals surface area contributed by atoms with Gasteiger partial charge in [-0.25, -0.2) is 4.79 Å². The van der Waals surface area contributed by atoms with Gasteiger partial charge in [-0.1, -0.05) is 44.9 Å². The number of carboxylic acid groups (broad SMARTS) is 1. The number of carbonyl (C=O) groups is 1. The van der Waals surface area contributed by atoms with Crippen molar-refractivity contribution in [1.29, 1.82) is 0 Å². The van der Waals surface area contributed by atoms with Gasteiger partial charge in [0.1, 0.15) is 6.10 Å². The first-order chi connectivity index (χ1) is 7.16. The van der Waals surface area contributed by atoms with Crippen LogP contribution in [0.3, 0.4) is 0 Å². The molecule has 2 N–H and O–H groups in total. The smallest absolute Gasteiger partial charge is 0.381 e. The molecule has 0 spiro atoms. The molecule has 0 bridgehead atoms. The number of hydrogen-bond donors (Lipinski definition) is 2. The molecule has 3 nitrogen and oxygen atoms in total. The van der Waals surface area contributed by atoms with Gasteiger partial charge in [0, 0.05) is 5.92 Å². The lowest BCUT2D eigenvalue weighted by Gasteiger charge is -2.02. The van der Waals surface area contributed by atoms with E-state index in [1.165, 1.54) is 25.7 Å². The fraction of sp³-hybridized carbons (Fsp3) is 0.750. The van der Waals surface area contributed by atoms with E-state index < -0.39 is 12.1 Å². The van der Waals surface area contributed by atoms with Crippen molar-refractivity contribution in [3.8, 4) is 11.8 Å². The summed E-state index contributed by atoms with van der Waals surface area (Å²) in [6.45, 7) is 2.17. The van der Waals surface area contributed by atoms with E-state index in [0.717, 1.165) is 12.8 Å². The lowest BCUT2D eigenvalue weighted by atomic mass is 10.1. The highest BCUT2D eigenvalue weighted by molar-refractivity contribution is 5.86. The Bertz CT molecular complexity index is 225. The summed E-state index contributed by atoms with van der Waals surface area (Å²) >= 11 is 0. The SMILES string of the molecule is CCCCCCCC[C@@H](O)C#CC(=O)O. The zero-order valence-electron chi connectivity index (χ0n) is 9.33. The monoisotopic (exact) mass is 212 g/mol. The van der Waals surface area contributed by atoms with Gasteiger partial charge in [0.2, 0.25) is 0 Å². The average Bonchev–Trinajstić information content (AvgIpc) is 2.20. The molecule has 86 valence electrons. The summed E-state index contributed by atoms with van der Waals surface area (Å²) in [5.74, 6) is 3.03. The molecule has 0 radical (unpaired) electrons. The Kier molecular flexibility index (Phi) is 8.90. The molecule has 0 aromatic carbocycles. The maximum absolute atomic E-state index is 10.1. The predicted octanol–water partition coefficient (Wildman–Crippen LogP) is 2.19. The second kappa shape index (κ2) is 9.54. The molecule has 0 aliphatic heterocycles. The first kappa shape index (κ1) is 14.0. The van der Waals surface area contributed by atoms with Crippen LogP contribution in [-0.4, -0.2) is 22.3 Å².